The van der Waals surface area contributed by atoms with Crippen molar-refractivity contribution in [3.05, 3.63) is 46.1 Å². The molecule has 0 fully saturated rings. The normalized spacial score (nSPS) is 10.6. The number of aromatic amines is 1. The molecule has 0 radical (unpaired) electrons. The van der Waals surface area contributed by atoms with Crippen molar-refractivity contribution in [3.63, 3.8) is 0 Å². The van der Waals surface area contributed by atoms with E-state index in [2.05, 4.69) is 10.1 Å². The van der Waals surface area contributed by atoms with Crippen LogP contribution in [0.25, 0.3) is 5.69 Å². The molecule has 0 aliphatic heterocycles. The Bertz CT molecular complexity index is 542. The maximum atomic E-state index is 11.6. The third kappa shape index (κ3) is 1.90. The first kappa shape index (κ1) is 10.6. The van der Waals surface area contributed by atoms with E-state index in [1.807, 2.05) is 31.2 Å². The zero-order valence-electron chi connectivity index (χ0n) is 8.97. The van der Waals surface area contributed by atoms with Gasteiger partial charge < -0.3 is 5.11 Å². The third-order valence-electron chi connectivity index (χ3n) is 2.36. The summed E-state index contributed by atoms with van der Waals surface area (Å²) in [5, 5.41) is 12.9. The highest BCUT2D eigenvalue weighted by Gasteiger charge is 2.07. The van der Waals surface area contributed by atoms with E-state index in [1.54, 1.807) is 0 Å². The fourth-order valence-electron chi connectivity index (χ4n) is 1.55. The van der Waals surface area contributed by atoms with Gasteiger partial charge in [0.2, 0.25) is 0 Å². The number of H-pyrrole nitrogens is 1. The zero-order valence-corrected chi connectivity index (χ0v) is 8.97. The van der Waals surface area contributed by atoms with Crippen molar-refractivity contribution in [1.82, 2.24) is 14.8 Å². The minimum atomic E-state index is -0.280. The smallest absolute Gasteiger partial charge is 0.348 e. The van der Waals surface area contributed by atoms with Crippen molar-refractivity contribution in [2.75, 3.05) is 6.61 Å². The number of para-hydroxylation sites is 1. The van der Waals surface area contributed by atoms with E-state index in [4.69, 9.17) is 5.11 Å². The molecule has 0 saturated carbocycles. The van der Waals surface area contributed by atoms with Crippen LogP contribution in [0.1, 0.15) is 11.4 Å². The largest absolute Gasteiger partial charge is 0.396 e. The summed E-state index contributed by atoms with van der Waals surface area (Å²) in [6.07, 6.45) is 0.355. The number of rotatable bonds is 3. The van der Waals surface area contributed by atoms with Gasteiger partial charge in [-0.25, -0.2) is 4.79 Å². The molecule has 0 amide bonds. The quantitative estimate of drug-likeness (QED) is 0.785. The Labute approximate surface area is 92.4 Å². The molecule has 1 heterocycles. The summed E-state index contributed by atoms with van der Waals surface area (Å²) in [5.41, 5.74) is 1.46. The van der Waals surface area contributed by atoms with Gasteiger partial charge in [0.25, 0.3) is 0 Å². The van der Waals surface area contributed by atoms with Crippen LogP contribution in [0.5, 0.6) is 0 Å². The van der Waals surface area contributed by atoms with Crippen molar-refractivity contribution in [1.29, 1.82) is 0 Å². The molecule has 2 aromatic rings. The summed E-state index contributed by atoms with van der Waals surface area (Å²) >= 11 is 0. The summed E-state index contributed by atoms with van der Waals surface area (Å²) in [4.78, 5) is 14.2. The lowest BCUT2D eigenvalue weighted by Gasteiger charge is -2.02. The molecule has 2 N–H and O–H groups in total. The van der Waals surface area contributed by atoms with Gasteiger partial charge in [0.15, 0.2) is 0 Å². The third-order valence-corrected chi connectivity index (χ3v) is 2.36. The fraction of sp³-hybridized carbons (Fsp3) is 0.273. The van der Waals surface area contributed by atoms with Crippen molar-refractivity contribution < 1.29 is 5.11 Å². The molecule has 1 aromatic carbocycles. The molecular formula is C11H13N3O2. The highest BCUT2D eigenvalue weighted by Crippen LogP contribution is 2.09. The van der Waals surface area contributed by atoms with Crippen LogP contribution in [0.3, 0.4) is 0 Å². The molecular weight excluding hydrogens is 206 g/mol. The Kier molecular flexibility index (Phi) is 2.87. The Balaban J connectivity index is 2.48. The van der Waals surface area contributed by atoms with E-state index >= 15 is 0 Å². The number of aliphatic hydroxyl groups is 1. The highest BCUT2D eigenvalue weighted by molar-refractivity contribution is 5.38. The molecule has 5 heteroatoms. The summed E-state index contributed by atoms with van der Waals surface area (Å²) in [6.45, 7) is 1.89. The molecule has 1 aromatic heterocycles. The molecule has 0 aliphatic rings. The number of aryl methyl sites for hydroxylation is 1. The van der Waals surface area contributed by atoms with E-state index in [0.29, 0.717) is 12.2 Å². The number of aromatic nitrogens is 3. The summed E-state index contributed by atoms with van der Waals surface area (Å²) < 4.78 is 1.32. The van der Waals surface area contributed by atoms with Crippen LogP contribution in [0.4, 0.5) is 0 Å². The van der Waals surface area contributed by atoms with Crippen molar-refractivity contribution >= 4 is 0 Å². The molecule has 16 heavy (non-hydrogen) atoms. The Morgan fingerprint density at radius 2 is 2.19 bits per heavy atom. The van der Waals surface area contributed by atoms with Crippen LogP contribution < -0.4 is 5.69 Å². The number of benzene rings is 1. The standard InChI is InChI=1S/C11H13N3O2/c1-8-4-2-3-5-9(8)14-11(16)12-10(13-14)6-7-15/h2-5,15H,6-7H2,1H3,(H,12,13,16). The Morgan fingerprint density at radius 1 is 1.44 bits per heavy atom. The van der Waals surface area contributed by atoms with E-state index in [-0.39, 0.29) is 12.3 Å². The SMILES string of the molecule is Cc1ccccc1-n1nc(CCO)[nH]c1=O. The van der Waals surface area contributed by atoms with Crippen LogP contribution in [0.2, 0.25) is 0 Å². The summed E-state index contributed by atoms with van der Waals surface area (Å²) in [6, 6.07) is 7.52. The second kappa shape index (κ2) is 4.32. The average molecular weight is 219 g/mol. The van der Waals surface area contributed by atoms with Crippen molar-refractivity contribution in [3.8, 4) is 5.69 Å². The van der Waals surface area contributed by atoms with Crippen LogP contribution in [0, 0.1) is 6.92 Å². The van der Waals surface area contributed by atoms with Gasteiger partial charge in [-0.15, -0.1) is 0 Å². The molecule has 0 spiro atoms. The van der Waals surface area contributed by atoms with Crippen LogP contribution >= 0.6 is 0 Å². The van der Waals surface area contributed by atoms with Gasteiger partial charge in [0.1, 0.15) is 5.82 Å². The Morgan fingerprint density at radius 3 is 2.88 bits per heavy atom. The second-order valence-electron chi connectivity index (χ2n) is 3.55. The minimum absolute atomic E-state index is 0.0271. The van der Waals surface area contributed by atoms with Crippen molar-refractivity contribution in [2.24, 2.45) is 0 Å². The monoisotopic (exact) mass is 219 g/mol. The molecule has 0 bridgehead atoms. The number of nitrogens with one attached hydrogen (secondary N) is 1. The summed E-state index contributed by atoms with van der Waals surface area (Å²) in [7, 11) is 0. The lowest BCUT2D eigenvalue weighted by molar-refractivity contribution is 0.296. The first-order valence-electron chi connectivity index (χ1n) is 5.07. The van der Waals surface area contributed by atoms with Gasteiger partial charge in [-0.05, 0) is 18.6 Å². The zero-order chi connectivity index (χ0) is 11.5. The van der Waals surface area contributed by atoms with Gasteiger partial charge in [-0.2, -0.15) is 9.78 Å². The first-order valence-corrected chi connectivity index (χ1v) is 5.07. The maximum absolute atomic E-state index is 11.6. The van der Waals surface area contributed by atoms with Crippen LogP contribution in [-0.4, -0.2) is 26.5 Å². The van der Waals surface area contributed by atoms with Crippen LogP contribution in [-0.2, 0) is 6.42 Å². The average Bonchev–Trinajstić information content (AvgIpc) is 2.61. The number of nitrogens with zero attached hydrogens (tertiary/aromatic N) is 2. The van der Waals surface area contributed by atoms with Crippen LogP contribution in [0.15, 0.2) is 29.1 Å². The van der Waals surface area contributed by atoms with Gasteiger partial charge in [0.05, 0.1) is 12.3 Å². The second-order valence-corrected chi connectivity index (χ2v) is 3.55. The molecule has 0 aliphatic carbocycles. The molecule has 84 valence electrons. The minimum Gasteiger partial charge on any atom is -0.396 e. The van der Waals surface area contributed by atoms with E-state index < -0.39 is 0 Å². The molecule has 2 rings (SSSR count). The number of hydrogen-bond acceptors (Lipinski definition) is 3. The molecule has 0 saturated heterocycles. The number of hydrogen-bond donors (Lipinski definition) is 2. The van der Waals surface area contributed by atoms with Gasteiger partial charge in [-0.3, -0.25) is 4.98 Å². The van der Waals surface area contributed by atoms with E-state index in [1.165, 1.54) is 4.68 Å². The van der Waals surface area contributed by atoms with Gasteiger partial charge >= 0.3 is 5.69 Å². The molecule has 0 atom stereocenters. The lowest BCUT2D eigenvalue weighted by atomic mass is 10.2. The summed E-state index contributed by atoms with van der Waals surface area (Å²) in [5.74, 6) is 0.496. The van der Waals surface area contributed by atoms with E-state index in [9.17, 15) is 4.79 Å². The highest BCUT2D eigenvalue weighted by atomic mass is 16.3. The van der Waals surface area contributed by atoms with Crippen molar-refractivity contribution in [2.45, 2.75) is 13.3 Å². The fourth-order valence-corrected chi connectivity index (χ4v) is 1.55. The lowest BCUT2D eigenvalue weighted by Crippen LogP contribution is -2.16. The van der Waals surface area contributed by atoms with Gasteiger partial charge in [-0.1, -0.05) is 18.2 Å². The molecule has 0 unspecified atom stereocenters. The maximum Gasteiger partial charge on any atom is 0.348 e. The predicted octanol–water partition coefficient (Wildman–Crippen LogP) is 0.404. The number of aliphatic hydroxyl groups excluding tert-OH is 1. The molecule has 5 nitrogen and oxygen atoms in total. The predicted molar refractivity (Wildman–Crippen MR) is 59.7 cm³/mol. The van der Waals surface area contributed by atoms with Gasteiger partial charge in [0, 0.05) is 6.42 Å². The Hall–Kier alpha value is -1.88. The topological polar surface area (TPSA) is 70.9 Å². The van der Waals surface area contributed by atoms with E-state index in [0.717, 1.165) is 11.3 Å². The first-order chi connectivity index (χ1) is 7.72.